The molecule has 0 bridgehead atoms. The van der Waals surface area contributed by atoms with E-state index in [0.29, 0.717) is 5.92 Å². The molecule has 1 aromatic rings. The van der Waals surface area contributed by atoms with Gasteiger partial charge in [-0.3, -0.25) is 0 Å². The summed E-state index contributed by atoms with van der Waals surface area (Å²) >= 11 is 1.94. The van der Waals surface area contributed by atoms with Gasteiger partial charge in [0.25, 0.3) is 0 Å². The van der Waals surface area contributed by atoms with E-state index in [1.807, 2.05) is 11.8 Å². The van der Waals surface area contributed by atoms with Gasteiger partial charge in [-0.15, -0.1) is 11.8 Å². The molecular weight excluding hydrogens is 228 g/mol. The molecule has 0 N–H and O–H groups in total. The van der Waals surface area contributed by atoms with Crippen LogP contribution in [0, 0.1) is 5.92 Å². The molecule has 0 saturated carbocycles. The fourth-order valence-electron chi connectivity index (χ4n) is 1.97. The zero-order valence-corrected chi connectivity index (χ0v) is 11.2. The van der Waals surface area contributed by atoms with Crippen LogP contribution in [0.25, 0.3) is 0 Å². The lowest BCUT2D eigenvalue weighted by molar-refractivity contribution is 0.0902. The maximum absolute atomic E-state index is 5.44. The molecule has 0 spiro atoms. The Morgan fingerprint density at radius 1 is 1.35 bits per heavy atom. The highest BCUT2D eigenvalue weighted by Crippen LogP contribution is 2.23. The number of ether oxygens (including phenoxy) is 1. The molecule has 2 rings (SSSR count). The van der Waals surface area contributed by atoms with E-state index in [1.165, 1.54) is 11.3 Å². The first-order valence-corrected chi connectivity index (χ1v) is 7.33. The van der Waals surface area contributed by atoms with Crippen LogP contribution in [0.2, 0.25) is 0 Å². The minimum atomic E-state index is 0.605. The Bertz CT molecular complexity index is 358. The molecule has 1 unspecified atom stereocenters. The molecule has 0 aromatic heterocycles. The number of benzene rings is 1. The number of thioether (sulfide) groups is 1. The fourth-order valence-corrected chi connectivity index (χ4v) is 3.00. The summed E-state index contributed by atoms with van der Waals surface area (Å²) in [6.07, 6.45) is 2.26. The largest absolute Gasteiger partial charge is 0.381 e. The van der Waals surface area contributed by atoms with Crippen LogP contribution in [0.5, 0.6) is 0 Å². The van der Waals surface area contributed by atoms with Crippen molar-refractivity contribution in [3.8, 4) is 0 Å². The second kappa shape index (κ2) is 6.87. The SMILES string of the molecule is CC1COCC/C1=C\SCCc1ccccc1. The summed E-state index contributed by atoms with van der Waals surface area (Å²) in [5.41, 5.74) is 2.99. The van der Waals surface area contributed by atoms with Gasteiger partial charge in [-0.1, -0.05) is 42.8 Å². The lowest BCUT2D eigenvalue weighted by Gasteiger charge is -2.21. The number of aryl methyl sites for hydroxylation is 1. The average Bonchev–Trinajstić information content (AvgIpc) is 2.38. The molecule has 0 amide bonds. The van der Waals surface area contributed by atoms with Crippen LogP contribution in [-0.2, 0) is 11.2 Å². The molecular formula is C15H20OS. The van der Waals surface area contributed by atoms with Crippen LogP contribution in [-0.4, -0.2) is 19.0 Å². The van der Waals surface area contributed by atoms with Crippen LogP contribution in [0.4, 0.5) is 0 Å². The van der Waals surface area contributed by atoms with E-state index in [0.717, 1.165) is 26.1 Å². The maximum atomic E-state index is 5.44. The van der Waals surface area contributed by atoms with Crippen molar-refractivity contribution in [1.82, 2.24) is 0 Å². The molecule has 1 aliphatic rings. The molecule has 1 aliphatic heterocycles. The lowest BCUT2D eigenvalue weighted by Crippen LogP contribution is -2.17. The van der Waals surface area contributed by atoms with Gasteiger partial charge in [0.2, 0.25) is 0 Å². The van der Waals surface area contributed by atoms with Crippen molar-refractivity contribution in [2.24, 2.45) is 5.92 Å². The van der Waals surface area contributed by atoms with E-state index in [9.17, 15) is 0 Å². The smallest absolute Gasteiger partial charge is 0.0529 e. The van der Waals surface area contributed by atoms with Crippen LogP contribution < -0.4 is 0 Å². The molecule has 1 nitrogen and oxygen atoms in total. The highest BCUT2D eigenvalue weighted by Gasteiger charge is 2.13. The summed E-state index contributed by atoms with van der Waals surface area (Å²) < 4.78 is 5.44. The van der Waals surface area contributed by atoms with Gasteiger partial charge in [0.05, 0.1) is 13.2 Å². The zero-order chi connectivity index (χ0) is 11.9. The van der Waals surface area contributed by atoms with Gasteiger partial charge < -0.3 is 4.74 Å². The predicted octanol–water partition coefficient (Wildman–Crippen LogP) is 3.90. The molecule has 2 heteroatoms. The van der Waals surface area contributed by atoms with E-state index >= 15 is 0 Å². The van der Waals surface area contributed by atoms with Gasteiger partial charge in [-0.25, -0.2) is 0 Å². The topological polar surface area (TPSA) is 9.23 Å². The summed E-state index contributed by atoms with van der Waals surface area (Å²) in [4.78, 5) is 0. The van der Waals surface area contributed by atoms with Gasteiger partial charge in [0.15, 0.2) is 0 Å². The lowest BCUT2D eigenvalue weighted by atomic mass is 9.99. The number of hydrogen-bond donors (Lipinski definition) is 0. The third-order valence-electron chi connectivity index (χ3n) is 3.12. The van der Waals surface area contributed by atoms with Crippen molar-refractivity contribution in [3.05, 3.63) is 46.9 Å². The van der Waals surface area contributed by atoms with Crippen molar-refractivity contribution >= 4 is 11.8 Å². The average molecular weight is 248 g/mol. The zero-order valence-electron chi connectivity index (χ0n) is 10.4. The van der Waals surface area contributed by atoms with E-state index in [-0.39, 0.29) is 0 Å². The summed E-state index contributed by atoms with van der Waals surface area (Å²) in [5.74, 6) is 1.77. The van der Waals surface area contributed by atoms with Crippen LogP contribution in [0.3, 0.4) is 0 Å². The van der Waals surface area contributed by atoms with E-state index < -0.39 is 0 Å². The van der Waals surface area contributed by atoms with Crippen molar-refractivity contribution in [1.29, 1.82) is 0 Å². The third kappa shape index (κ3) is 4.21. The fraction of sp³-hybridized carbons (Fsp3) is 0.467. The number of hydrogen-bond acceptors (Lipinski definition) is 2. The molecule has 1 saturated heterocycles. The maximum Gasteiger partial charge on any atom is 0.0529 e. The monoisotopic (exact) mass is 248 g/mol. The Kier molecular flexibility index (Phi) is 5.14. The molecule has 1 aromatic carbocycles. The standard InChI is InChI=1S/C15H20OS/c1-13-11-16-9-7-15(13)12-17-10-8-14-5-3-2-4-6-14/h2-6,12-13H,7-11H2,1H3/b15-12+. The van der Waals surface area contributed by atoms with Crippen LogP contribution in [0.15, 0.2) is 41.3 Å². The van der Waals surface area contributed by atoms with Crippen molar-refractivity contribution in [2.75, 3.05) is 19.0 Å². The highest BCUT2D eigenvalue weighted by atomic mass is 32.2. The van der Waals surface area contributed by atoms with E-state index in [2.05, 4.69) is 42.7 Å². The van der Waals surface area contributed by atoms with Crippen molar-refractivity contribution < 1.29 is 4.74 Å². The minimum Gasteiger partial charge on any atom is -0.381 e. The Balaban J connectivity index is 1.73. The molecule has 92 valence electrons. The Hall–Kier alpha value is -0.730. The molecule has 17 heavy (non-hydrogen) atoms. The highest BCUT2D eigenvalue weighted by molar-refractivity contribution is 8.02. The van der Waals surface area contributed by atoms with Gasteiger partial charge in [0, 0.05) is 11.7 Å². The third-order valence-corrected chi connectivity index (χ3v) is 4.03. The van der Waals surface area contributed by atoms with E-state index in [1.54, 1.807) is 5.57 Å². The summed E-state index contributed by atoms with van der Waals surface area (Å²) in [6, 6.07) is 10.7. The Labute approximate surface area is 108 Å². The van der Waals surface area contributed by atoms with Crippen LogP contribution in [0.1, 0.15) is 18.9 Å². The summed E-state index contributed by atoms with van der Waals surface area (Å²) in [6.45, 7) is 4.04. The van der Waals surface area contributed by atoms with Gasteiger partial charge in [0.1, 0.15) is 0 Å². The molecule has 1 heterocycles. The van der Waals surface area contributed by atoms with Crippen molar-refractivity contribution in [3.63, 3.8) is 0 Å². The van der Waals surface area contributed by atoms with Crippen molar-refractivity contribution in [2.45, 2.75) is 19.8 Å². The summed E-state index contributed by atoms with van der Waals surface area (Å²) in [7, 11) is 0. The first kappa shape index (κ1) is 12.7. The molecule has 1 fully saturated rings. The molecule has 1 atom stereocenters. The quantitative estimate of drug-likeness (QED) is 0.747. The second-order valence-electron chi connectivity index (χ2n) is 4.53. The minimum absolute atomic E-state index is 0.605. The normalized spacial score (nSPS) is 22.9. The molecule has 0 radical (unpaired) electrons. The molecule has 0 aliphatic carbocycles. The van der Waals surface area contributed by atoms with Gasteiger partial charge >= 0.3 is 0 Å². The second-order valence-corrected chi connectivity index (χ2v) is 5.50. The number of rotatable bonds is 4. The Morgan fingerprint density at radius 2 is 2.18 bits per heavy atom. The van der Waals surface area contributed by atoms with Crippen LogP contribution >= 0.6 is 11.8 Å². The first-order valence-electron chi connectivity index (χ1n) is 6.28. The first-order chi connectivity index (χ1) is 8.36. The predicted molar refractivity (Wildman–Crippen MR) is 75.3 cm³/mol. The van der Waals surface area contributed by atoms with Gasteiger partial charge in [-0.2, -0.15) is 0 Å². The van der Waals surface area contributed by atoms with E-state index in [4.69, 9.17) is 4.74 Å². The Morgan fingerprint density at radius 3 is 2.94 bits per heavy atom. The summed E-state index contributed by atoms with van der Waals surface area (Å²) in [5, 5.41) is 2.36. The van der Waals surface area contributed by atoms with Gasteiger partial charge in [-0.05, 0) is 23.8 Å².